The van der Waals surface area contributed by atoms with Crippen molar-refractivity contribution in [3.8, 4) is 0 Å². The first kappa shape index (κ1) is 16.8. The molecular formula is C17H12F2N2O3S. The Morgan fingerprint density at radius 1 is 1.04 bits per heavy atom. The van der Waals surface area contributed by atoms with E-state index in [9.17, 15) is 18.4 Å². The largest absolute Gasteiger partial charge is 0.459 e. The summed E-state index contributed by atoms with van der Waals surface area (Å²) in [6.45, 7) is 1.71. The first-order valence-corrected chi connectivity index (χ1v) is 7.97. The summed E-state index contributed by atoms with van der Waals surface area (Å²) in [5, 5.41) is 5.60. The summed E-state index contributed by atoms with van der Waals surface area (Å²) in [5.74, 6) is -2.80. The number of anilines is 2. The molecule has 0 aliphatic rings. The molecule has 0 unspecified atom stereocenters. The number of aryl methyl sites for hydroxylation is 1. The van der Waals surface area contributed by atoms with Crippen molar-refractivity contribution in [3.05, 3.63) is 70.5 Å². The van der Waals surface area contributed by atoms with E-state index in [1.54, 1.807) is 19.1 Å². The van der Waals surface area contributed by atoms with Gasteiger partial charge in [-0.3, -0.25) is 9.59 Å². The minimum absolute atomic E-state index is 0.137. The van der Waals surface area contributed by atoms with Gasteiger partial charge in [0.2, 0.25) is 0 Å². The number of rotatable bonds is 4. The molecule has 128 valence electrons. The second kappa shape index (κ2) is 6.86. The normalized spacial score (nSPS) is 10.5. The molecule has 0 radical (unpaired) electrons. The van der Waals surface area contributed by atoms with Gasteiger partial charge in [-0.2, -0.15) is 0 Å². The monoisotopic (exact) mass is 362 g/mol. The topological polar surface area (TPSA) is 71.3 Å². The van der Waals surface area contributed by atoms with Gasteiger partial charge in [-0.05, 0) is 42.8 Å². The number of nitrogens with one attached hydrogen (secondary N) is 2. The molecule has 1 aromatic carbocycles. The zero-order chi connectivity index (χ0) is 18.0. The molecule has 0 saturated heterocycles. The summed E-state index contributed by atoms with van der Waals surface area (Å²) >= 11 is 1.07. The van der Waals surface area contributed by atoms with Crippen molar-refractivity contribution >= 4 is 33.8 Å². The highest BCUT2D eigenvalue weighted by atomic mass is 32.1. The van der Waals surface area contributed by atoms with Gasteiger partial charge in [0.05, 0.1) is 16.1 Å². The number of amides is 2. The van der Waals surface area contributed by atoms with E-state index in [1.165, 1.54) is 18.4 Å². The van der Waals surface area contributed by atoms with Gasteiger partial charge in [0, 0.05) is 11.8 Å². The fourth-order valence-corrected chi connectivity index (χ4v) is 3.08. The Labute approximate surface area is 145 Å². The molecule has 0 bridgehead atoms. The van der Waals surface area contributed by atoms with Crippen LogP contribution in [0.2, 0.25) is 0 Å². The third-order valence-electron chi connectivity index (χ3n) is 3.28. The second-order valence-corrected chi connectivity index (χ2v) is 6.19. The van der Waals surface area contributed by atoms with E-state index in [2.05, 4.69) is 10.6 Å². The summed E-state index contributed by atoms with van der Waals surface area (Å²) < 4.78 is 31.1. The summed E-state index contributed by atoms with van der Waals surface area (Å²) in [6.07, 6.45) is 1.38. The Morgan fingerprint density at radius 3 is 2.52 bits per heavy atom. The average molecular weight is 362 g/mol. The second-order valence-electron chi connectivity index (χ2n) is 5.14. The van der Waals surface area contributed by atoms with Crippen LogP contribution in [0.4, 0.5) is 19.5 Å². The lowest BCUT2D eigenvalue weighted by molar-refractivity contribution is 0.0995. The quantitative estimate of drug-likeness (QED) is 0.721. The molecular weight excluding hydrogens is 350 g/mol. The van der Waals surface area contributed by atoms with Gasteiger partial charge in [0.15, 0.2) is 17.4 Å². The minimum atomic E-state index is -1.05. The van der Waals surface area contributed by atoms with E-state index in [4.69, 9.17) is 4.42 Å². The lowest BCUT2D eigenvalue weighted by atomic mass is 10.2. The van der Waals surface area contributed by atoms with Crippen molar-refractivity contribution in [2.24, 2.45) is 0 Å². The fraction of sp³-hybridized carbons (Fsp3) is 0.0588. The zero-order valence-corrected chi connectivity index (χ0v) is 13.7. The van der Waals surface area contributed by atoms with Gasteiger partial charge in [-0.15, -0.1) is 11.3 Å². The number of carbonyl (C=O) groups is 2. The predicted octanol–water partition coefficient (Wildman–Crippen LogP) is 4.43. The van der Waals surface area contributed by atoms with Crippen LogP contribution in [0, 0.1) is 18.6 Å². The third-order valence-corrected chi connectivity index (χ3v) is 4.43. The van der Waals surface area contributed by atoms with Gasteiger partial charge in [0.1, 0.15) is 0 Å². The molecule has 2 amide bonds. The Morgan fingerprint density at radius 2 is 1.84 bits per heavy atom. The van der Waals surface area contributed by atoms with Crippen LogP contribution in [0.1, 0.15) is 25.8 Å². The van der Waals surface area contributed by atoms with E-state index in [-0.39, 0.29) is 11.4 Å². The van der Waals surface area contributed by atoms with Gasteiger partial charge in [-0.1, -0.05) is 0 Å². The molecule has 2 N–H and O–H groups in total. The summed E-state index contributed by atoms with van der Waals surface area (Å²) in [5.41, 5.74) is 0.776. The molecule has 2 heterocycles. The van der Waals surface area contributed by atoms with E-state index in [0.717, 1.165) is 23.5 Å². The molecule has 0 atom stereocenters. The number of halogens is 2. The molecule has 0 saturated carbocycles. The zero-order valence-electron chi connectivity index (χ0n) is 12.9. The van der Waals surface area contributed by atoms with Crippen molar-refractivity contribution in [1.82, 2.24) is 0 Å². The third kappa shape index (κ3) is 3.74. The lowest BCUT2D eigenvalue weighted by Crippen LogP contribution is -2.11. The van der Waals surface area contributed by atoms with Crippen molar-refractivity contribution in [3.63, 3.8) is 0 Å². The van der Waals surface area contributed by atoms with E-state index in [0.29, 0.717) is 15.4 Å². The van der Waals surface area contributed by atoms with Crippen LogP contribution in [0.5, 0.6) is 0 Å². The maximum absolute atomic E-state index is 13.2. The smallest absolute Gasteiger partial charge is 0.291 e. The highest BCUT2D eigenvalue weighted by Gasteiger charge is 2.17. The van der Waals surface area contributed by atoms with Crippen LogP contribution in [-0.2, 0) is 0 Å². The standard InChI is InChI=1S/C17H12F2N2O3S/c1-9-7-14(21-16(22)13-3-2-6-24-13)25-15(9)17(23)20-10-4-5-11(18)12(19)8-10/h2-8H,1H3,(H,20,23)(H,21,22). The summed E-state index contributed by atoms with van der Waals surface area (Å²) in [4.78, 5) is 24.6. The molecule has 0 spiro atoms. The van der Waals surface area contributed by atoms with Gasteiger partial charge >= 0.3 is 0 Å². The van der Waals surface area contributed by atoms with Crippen LogP contribution in [0.15, 0.2) is 47.1 Å². The highest BCUT2D eigenvalue weighted by Crippen LogP contribution is 2.28. The van der Waals surface area contributed by atoms with Crippen molar-refractivity contribution in [2.75, 3.05) is 10.6 Å². The average Bonchev–Trinajstić information content (AvgIpc) is 3.21. The Balaban J connectivity index is 1.74. The van der Waals surface area contributed by atoms with Gasteiger partial charge < -0.3 is 15.1 Å². The number of carbonyl (C=O) groups excluding carboxylic acids is 2. The van der Waals surface area contributed by atoms with Crippen LogP contribution in [0.25, 0.3) is 0 Å². The van der Waals surface area contributed by atoms with E-state index >= 15 is 0 Å². The van der Waals surface area contributed by atoms with Crippen molar-refractivity contribution < 1.29 is 22.8 Å². The van der Waals surface area contributed by atoms with Crippen LogP contribution in [0.3, 0.4) is 0 Å². The van der Waals surface area contributed by atoms with E-state index in [1.807, 2.05) is 0 Å². The van der Waals surface area contributed by atoms with Crippen LogP contribution in [-0.4, -0.2) is 11.8 Å². The van der Waals surface area contributed by atoms with Crippen LogP contribution < -0.4 is 10.6 Å². The molecule has 25 heavy (non-hydrogen) atoms. The van der Waals surface area contributed by atoms with E-state index < -0.39 is 23.4 Å². The Kier molecular flexibility index (Phi) is 4.62. The molecule has 3 rings (SSSR count). The SMILES string of the molecule is Cc1cc(NC(=O)c2ccco2)sc1C(=O)Nc1ccc(F)c(F)c1. The maximum atomic E-state index is 13.2. The number of thiophene rings is 1. The molecule has 8 heteroatoms. The van der Waals surface area contributed by atoms with Gasteiger partial charge in [-0.25, -0.2) is 8.78 Å². The first-order chi connectivity index (χ1) is 11.9. The molecule has 0 fully saturated rings. The molecule has 5 nitrogen and oxygen atoms in total. The Hall–Kier alpha value is -3.00. The Bertz CT molecular complexity index is 936. The first-order valence-electron chi connectivity index (χ1n) is 7.16. The highest BCUT2D eigenvalue weighted by molar-refractivity contribution is 7.18. The number of furan rings is 1. The van der Waals surface area contributed by atoms with Crippen molar-refractivity contribution in [2.45, 2.75) is 6.92 Å². The maximum Gasteiger partial charge on any atom is 0.291 e. The number of hydrogen-bond donors (Lipinski definition) is 2. The lowest BCUT2D eigenvalue weighted by Gasteiger charge is -2.05. The molecule has 2 aromatic heterocycles. The molecule has 3 aromatic rings. The molecule has 0 aliphatic carbocycles. The van der Waals surface area contributed by atoms with Crippen molar-refractivity contribution in [1.29, 1.82) is 0 Å². The van der Waals surface area contributed by atoms with Gasteiger partial charge in [0.25, 0.3) is 11.8 Å². The number of hydrogen-bond acceptors (Lipinski definition) is 4. The number of benzene rings is 1. The summed E-state index contributed by atoms with van der Waals surface area (Å²) in [6, 6.07) is 7.85. The predicted molar refractivity (Wildman–Crippen MR) is 90.0 cm³/mol. The summed E-state index contributed by atoms with van der Waals surface area (Å²) in [7, 11) is 0. The minimum Gasteiger partial charge on any atom is -0.459 e. The van der Waals surface area contributed by atoms with Crippen LogP contribution >= 0.6 is 11.3 Å². The fourth-order valence-electron chi connectivity index (χ4n) is 2.11. The molecule has 0 aliphatic heterocycles.